The van der Waals surface area contributed by atoms with Crippen LogP contribution in [0.4, 0.5) is 0 Å². The molecular weight excluding hydrogens is 420 g/mol. The molecule has 1 saturated carbocycles. The van der Waals surface area contributed by atoms with Crippen LogP contribution in [0.2, 0.25) is 0 Å². The Labute approximate surface area is 193 Å². The van der Waals surface area contributed by atoms with E-state index in [1.54, 1.807) is 17.0 Å². The van der Waals surface area contributed by atoms with Crippen molar-refractivity contribution in [2.75, 3.05) is 6.54 Å². The van der Waals surface area contributed by atoms with Gasteiger partial charge in [-0.2, -0.15) is 0 Å². The fourth-order valence-electron chi connectivity index (χ4n) is 4.42. The van der Waals surface area contributed by atoms with Crippen LogP contribution in [0.5, 0.6) is 0 Å². The number of carbonyl (C=O) groups is 2. The Balaban J connectivity index is 1.63. The standard InChI is InChI=1S/C26H30N2O3S/c1-19-9-5-6-10-20(19)15-16-28(26(30)22-13-7-17-31-22)24(23-14-8-18-32-23)25(29)27-21-11-3-2-4-12-21/h5-10,13-14,17-18,21,24H,2-4,11-12,15-16H2,1H3,(H,27,29)/t24-/m0/s1. The fraction of sp³-hybridized carbons (Fsp3) is 0.385. The first-order valence-corrected chi connectivity index (χ1v) is 12.2. The maximum atomic E-state index is 13.6. The Morgan fingerprint density at radius 3 is 2.59 bits per heavy atom. The summed E-state index contributed by atoms with van der Waals surface area (Å²) >= 11 is 1.50. The van der Waals surface area contributed by atoms with Gasteiger partial charge in [-0.3, -0.25) is 9.59 Å². The lowest BCUT2D eigenvalue weighted by Crippen LogP contribution is -2.47. The fourth-order valence-corrected chi connectivity index (χ4v) is 5.25. The van der Waals surface area contributed by atoms with Crippen LogP contribution in [0.1, 0.15) is 64.7 Å². The highest BCUT2D eigenvalue weighted by molar-refractivity contribution is 7.10. The molecule has 1 aromatic carbocycles. The first kappa shape index (κ1) is 22.3. The lowest BCUT2D eigenvalue weighted by atomic mass is 9.95. The lowest BCUT2D eigenvalue weighted by Gasteiger charge is -2.32. The summed E-state index contributed by atoms with van der Waals surface area (Å²) in [4.78, 5) is 29.6. The van der Waals surface area contributed by atoms with Gasteiger partial charge in [-0.1, -0.05) is 49.6 Å². The average Bonchev–Trinajstić information content (AvgIpc) is 3.52. The summed E-state index contributed by atoms with van der Waals surface area (Å²) in [5.74, 6) is -0.119. The second-order valence-corrected chi connectivity index (χ2v) is 9.39. The summed E-state index contributed by atoms with van der Waals surface area (Å²) in [5, 5.41) is 5.19. The molecule has 32 heavy (non-hydrogen) atoms. The van der Waals surface area contributed by atoms with E-state index >= 15 is 0 Å². The minimum Gasteiger partial charge on any atom is -0.459 e. The monoisotopic (exact) mass is 450 g/mol. The van der Waals surface area contributed by atoms with E-state index < -0.39 is 6.04 Å². The molecule has 0 saturated heterocycles. The molecule has 0 spiro atoms. The molecule has 2 aromatic heterocycles. The van der Waals surface area contributed by atoms with Gasteiger partial charge in [0.05, 0.1) is 6.26 Å². The Bertz CT molecular complexity index is 1010. The number of carbonyl (C=O) groups excluding carboxylic acids is 2. The first-order valence-electron chi connectivity index (χ1n) is 11.4. The van der Waals surface area contributed by atoms with Crippen molar-refractivity contribution < 1.29 is 14.0 Å². The van der Waals surface area contributed by atoms with Crippen molar-refractivity contribution in [3.63, 3.8) is 0 Å². The number of rotatable bonds is 8. The van der Waals surface area contributed by atoms with E-state index in [1.807, 2.05) is 29.6 Å². The zero-order valence-corrected chi connectivity index (χ0v) is 19.3. The van der Waals surface area contributed by atoms with E-state index in [0.29, 0.717) is 13.0 Å². The molecule has 6 heteroatoms. The Morgan fingerprint density at radius 1 is 1.09 bits per heavy atom. The normalized spacial score (nSPS) is 15.3. The summed E-state index contributed by atoms with van der Waals surface area (Å²) in [5.41, 5.74) is 2.35. The summed E-state index contributed by atoms with van der Waals surface area (Å²) in [7, 11) is 0. The number of hydrogen-bond donors (Lipinski definition) is 1. The minimum absolute atomic E-state index is 0.107. The molecule has 0 aliphatic heterocycles. The largest absolute Gasteiger partial charge is 0.459 e. The van der Waals surface area contributed by atoms with Crippen LogP contribution in [0.25, 0.3) is 0 Å². The van der Waals surface area contributed by atoms with Gasteiger partial charge < -0.3 is 14.6 Å². The van der Waals surface area contributed by atoms with Crippen LogP contribution < -0.4 is 5.32 Å². The van der Waals surface area contributed by atoms with Crippen molar-refractivity contribution in [3.8, 4) is 0 Å². The number of furan rings is 1. The quantitative estimate of drug-likeness (QED) is 0.491. The Kier molecular flexibility index (Phi) is 7.43. The number of aryl methyl sites for hydroxylation is 1. The van der Waals surface area contributed by atoms with E-state index in [-0.39, 0.29) is 23.6 Å². The summed E-state index contributed by atoms with van der Waals surface area (Å²) < 4.78 is 5.43. The Morgan fingerprint density at radius 2 is 1.91 bits per heavy atom. The molecule has 1 atom stereocenters. The van der Waals surface area contributed by atoms with Gasteiger partial charge in [0, 0.05) is 17.5 Å². The molecular formula is C26H30N2O3S. The zero-order valence-electron chi connectivity index (χ0n) is 18.5. The summed E-state index contributed by atoms with van der Waals surface area (Å²) in [6.45, 7) is 2.49. The molecule has 2 heterocycles. The van der Waals surface area contributed by atoms with Gasteiger partial charge in [-0.25, -0.2) is 0 Å². The molecule has 0 radical (unpaired) electrons. The maximum Gasteiger partial charge on any atom is 0.290 e. The summed E-state index contributed by atoms with van der Waals surface area (Å²) in [6, 6.07) is 14.9. The van der Waals surface area contributed by atoms with E-state index in [1.165, 1.54) is 35.1 Å². The van der Waals surface area contributed by atoms with Crippen molar-refractivity contribution in [1.29, 1.82) is 0 Å². The SMILES string of the molecule is Cc1ccccc1CCN(C(=O)c1ccco1)[C@H](C(=O)NC1CCCCC1)c1cccs1. The predicted octanol–water partition coefficient (Wildman–Crippen LogP) is 5.52. The molecule has 1 aliphatic rings. The average molecular weight is 451 g/mol. The number of nitrogens with zero attached hydrogens (tertiary/aromatic N) is 1. The molecule has 0 bridgehead atoms. The molecule has 3 aromatic rings. The van der Waals surface area contributed by atoms with Crippen molar-refractivity contribution in [2.24, 2.45) is 0 Å². The third-order valence-electron chi connectivity index (χ3n) is 6.20. The molecule has 1 aliphatic carbocycles. The molecule has 4 rings (SSSR count). The topological polar surface area (TPSA) is 62.6 Å². The number of nitrogens with one attached hydrogen (secondary N) is 1. The van der Waals surface area contributed by atoms with Gasteiger partial charge >= 0.3 is 0 Å². The van der Waals surface area contributed by atoms with E-state index in [0.717, 1.165) is 30.6 Å². The highest BCUT2D eigenvalue weighted by Gasteiger charge is 2.34. The van der Waals surface area contributed by atoms with Gasteiger partial charge in [-0.15, -0.1) is 11.3 Å². The first-order chi connectivity index (χ1) is 15.6. The third-order valence-corrected chi connectivity index (χ3v) is 7.13. The highest BCUT2D eigenvalue weighted by Crippen LogP contribution is 2.29. The molecule has 168 valence electrons. The van der Waals surface area contributed by atoms with Crippen molar-refractivity contribution in [1.82, 2.24) is 10.2 Å². The van der Waals surface area contributed by atoms with E-state index in [4.69, 9.17) is 4.42 Å². The summed E-state index contributed by atoms with van der Waals surface area (Å²) in [6.07, 6.45) is 7.65. The maximum absolute atomic E-state index is 13.6. The second-order valence-electron chi connectivity index (χ2n) is 8.41. The van der Waals surface area contributed by atoms with Crippen LogP contribution in [0, 0.1) is 6.92 Å². The third kappa shape index (κ3) is 5.30. The van der Waals surface area contributed by atoms with Crippen LogP contribution in [0.15, 0.2) is 64.6 Å². The molecule has 1 fully saturated rings. The van der Waals surface area contributed by atoms with Crippen LogP contribution in [-0.2, 0) is 11.2 Å². The second kappa shape index (κ2) is 10.6. The van der Waals surface area contributed by atoms with Crippen molar-refractivity contribution in [2.45, 2.75) is 57.5 Å². The lowest BCUT2D eigenvalue weighted by molar-refractivity contribution is -0.126. The number of amides is 2. The number of thiophene rings is 1. The molecule has 5 nitrogen and oxygen atoms in total. The van der Waals surface area contributed by atoms with Crippen molar-refractivity contribution in [3.05, 3.63) is 81.9 Å². The van der Waals surface area contributed by atoms with Crippen molar-refractivity contribution >= 4 is 23.2 Å². The molecule has 0 unspecified atom stereocenters. The number of benzene rings is 1. The van der Waals surface area contributed by atoms with E-state index in [2.05, 4.69) is 24.4 Å². The number of hydrogen-bond acceptors (Lipinski definition) is 4. The van der Waals surface area contributed by atoms with Gasteiger partial charge in [-0.05, 0) is 60.9 Å². The molecule has 2 amide bonds. The van der Waals surface area contributed by atoms with Gasteiger partial charge in [0.15, 0.2) is 5.76 Å². The predicted molar refractivity (Wildman–Crippen MR) is 127 cm³/mol. The van der Waals surface area contributed by atoms with Gasteiger partial charge in [0.25, 0.3) is 5.91 Å². The highest BCUT2D eigenvalue weighted by atomic mass is 32.1. The van der Waals surface area contributed by atoms with E-state index in [9.17, 15) is 9.59 Å². The smallest absolute Gasteiger partial charge is 0.290 e. The minimum atomic E-state index is -0.682. The van der Waals surface area contributed by atoms with Gasteiger partial charge in [0.1, 0.15) is 6.04 Å². The zero-order chi connectivity index (χ0) is 22.3. The molecule has 1 N–H and O–H groups in total. The van der Waals surface area contributed by atoms with Gasteiger partial charge in [0.2, 0.25) is 5.91 Å². The van der Waals surface area contributed by atoms with Crippen LogP contribution in [0.3, 0.4) is 0 Å². The van der Waals surface area contributed by atoms with Crippen LogP contribution >= 0.6 is 11.3 Å². The Hall–Kier alpha value is -2.86. The van der Waals surface area contributed by atoms with Crippen LogP contribution in [-0.4, -0.2) is 29.3 Å².